The minimum absolute atomic E-state index is 0.712. The summed E-state index contributed by atoms with van der Waals surface area (Å²) in [7, 11) is 2.22. The first kappa shape index (κ1) is 12.2. The Labute approximate surface area is 110 Å². The summed E-state index contributed by atoms with van der Waals surface area (Å²) in [5.41, 5.74) is 2.97. The van der Waals surface area contributed by atoms with Crippen LogP contribution >= 0.6 is 0 Å². The Hall–Kier alpha value is -0.860. The van der Waals surface area contributed by atoms with E-state index in [1.807, 2.05) is 0 Å². The molecule has 0 atom stereocenters. The molecule has 18 heavy (non-hydrogen) atoms. The van der Waals surface area contributed by atoms with E-state index in [9.17, 15) is 0 Å². The Balaban J connectivity index is 1.47. The SMILES string of the molecule is CN1CCC(NCc2ccc(C3CC3)cc2)CC1. The molecule has 1 N–H and O–H groups in total. The third kappa shape index (κ3) is 3.12. The molecule has 2 fully saturated rings. The van der Waals surface area contributed by atoms with E-state index in [1.54, 1.807) is 0 Å². The molecular weight excluding hydrogens is 220 g/mol. The fourth-order valence-corrected chi connectivity index (χ4v) is 2.80. The molecule has 1 aromatic carbocycles. The van der Waals surface area contributed by atoms with Crippen LogP contribution in [-0.2, 0) is 6.54 Å². The van der Waals surface area contributed by atoms with Crippen LogP contribution in [0.15, 0.2) is 24.3 Å². The van der Waals surface area contributed by atoms with Gasteiger partial charge in [0.2, 0.25) is 0 Å². The van der Waals surface area contributed by atoms with Crippen molar-refractivity contribution >= 4 is 0 Å². The summed E-state index contributed by atoms with van der Waals surface area (Å²) in [6.07, 6.45) is 5.37. The Morgan fingerprint density at radius 1 is 1.06 bits per heavy atom. The quantitative estimate of drug-likeness (QED) is 0.876. The molecule has 0 spiro atoms. The predicted octanol–water partition coefficient (Wildman–Crippen LogP) is 2.75. The molecule has 1 saturated heterocycles. The van der Waals surface area contributed by atoms with E-state index in [2.05, 4.69) is 41.5 Å². The van der Waals surface area contributed by atoms with Crippen molar-refractivity contribution in [3.63, 3.8) is 0 Å². The van der Waals surface area contributed by atoms with Crippen molar-refractivity contribution in [3.05, 3.63) is 35.4 Å². The zero-order valence-electron chi connectivity index (χ0n) is 11.4. The lowest BCUT2D eigenvalue weighted by atomic mass is 10.0. The molecule has 1 saturated carbocycles. The average Bonchev–Trinajstić information content (AvgIpc) is 3.23. The summed E-state index contributed by atoms with van der Waals surface area (Å²) in [4.78, 5) is 2.42. The molecule has 0 bridgehead atoms. The van der Waals surface area contributed by atoms with E-state index in [-0.39, 0.29) is 0 Å². The van der Waals surface area contributed by atoms with Crippen molar-refractivity contribution < 1.29 is 0 Å². The van der Waals surface area contributed by atoms with Gasteiger partial charge in [0.05, 0.1) is 0 Å². The zero-order valence-corrected chi connectivity index (χ0v) is 11.4. The maximum atomic E-state index is 3.70. The Morgan fingerprint density at radius 2 is 1.72 bits per heavy atom. The summed E-state index contributed by atoms with van der Waals surface area (Å²) in [6, 6.07) is 9.96. The van der Waals surface area contributed by atoms with E-state index < -0.39 is 0 Å². The summed E-state index contributed by atoms with van der Waals surface area (Å²) in [6.45, 7) is 3.50. The highest BCUT2D eigenvalue weighted by Gasteiger charge is 2.23. The largest absolute Gasteiger partial charge is 0.310 e. The minimum atomic E-state index is 0.712. The van der Waals surface area contributed by atoms with Crippen LogP contribution in [0.3, 0.4) is 0 Å². The summed E-state index contributed by atoms with van der Waals surface area (Å²) < 4.78 is 0. The van der Waals surface area contributed by atoms with Gasteiger partial charge in [-0.15, -0.1) is 0 Å². The van der Waals surface area contributed by atoms with Crippen LogP contribution in [0.5, 0.6) is 0 Å². The van der Waals surface area contributed by atoms with Gasteiger partial charge in [-0.2, -0.15) is 0 Å². The molecule has 98 valence electrons. The van der Waals surface area contributed by atoms with Crippen molar-refractivity contribution in [3.8, 4) is 0 Å². The first-order valence-electron chi connectivity index (χ1n) is 7.32. The van der Waals surface area contributed by atoms with Gasteiger partial charge < -0.3 is 10.2 Å². The van der Waals surface area contributed by atoms with Crippen LogP contribution in [-0.4, -0.2) is 31.1 Å². The van der Waals surface area contributed by atoms with E-state index in [0.717, 1.165) is 12.5 Å². The van der Waals surface area contributed by atoms with E-state index >= 15 is 0 Å². The molecule has 3 rings (SSSR count). The maximum absolute atomic E-state index is 3.70. The Bertz CT molecular complexity index is 373. The summed E-state index contributed by atoms with van der Waals surface area (Å²) in [5.74, 6) is 0.876. The minimum Gasteiger partial charge on any atom is -0.310 e. The number of likely N-dealkylation sites (tertiary alicyclic amines) is 1. The second kappa shape index (κ2) is 5.41. The van der Waals surface area contributed by atoms with Crippen LogP contribution in [0.25, 0.3) is 0 Å². The highest BCUT2D eigenvalue weighted by atomic mass is 15.1. The van der Waals surface area contributed by atoms with Crippen molar-refractivity contribution in [2.24, 2.45) is 0 Å². The smallest absolute Gasteiger partial charge is 0.0208 e. The van der Waals surface area contributed by atoms with Crippen LogP contribution < -0.4 is 5.32 Å². The van der Waals surface area contributed by atoms with Crippen molar-refractivity contribution in [1.82, 2.24) is 10.2 Å². The van der Waals surface area contributed by atoms with Gasteiger partial charge in [-0.3, -0.25) is 0 Å². The van der Waals surface area contributed by atoms with E-state index in [0.29, 0.717) is 6.04 Å². The lowest BCUT2D eigenvalue weighted by Gasteiger charge is -2.29. The standard InChI is InChI=1S/C16H24N2/c1-18-10-8-16(9-11-18)17-12-13-2-4-14(5-3-13)15-6-7-15/h2-5,15-17H,6-12H2,1H3. The summed E-state index contributed by atoms with van der Waals surface area (Å²) >= 11 is 0. The third-order valence-corrected chi connectivity index (χ3v) is 4.34. The highest BCUT2D eigenvalue weighted by molar-refractivity contribution is 5.28. The Morgan fingerprint density at radius 3 is 2.33 bits per heavy atom. The van der Waals surface area contributed by atoms with E-state index in [4.69, 9.17) is 0 Å². The molecular formula is C16H24N2. The molecule has 0 amide bonds. The van der Waals surface area contributed by atoms with Gasteiger partial charge in [0.1, 0.15) is 0 Å². The van der Waals surface area contributed by atoms with Gasteiger partial charge >= 0.3 is 0 Å². The van der Waals surface area contributed by atoms with Crippen molar-refractivity contribution in [1.29, 1.82) is 0 Å². The van der Waals surface area contributed by atoms with Gasteiger partial charge in [-0.1, -0.05) is 24.3 Å². The molecule has 0 aromatic heterocycles. The van der Waals surface area contributed by atoms with Gasteiger partial charge in [-0.25, -0.2) is 0 Å². The van der Waals surface area contributed by atoms with Crippen LogP contribution in [0.4, 0.5) is 0 Å². The number of piperidine rings is 1. The van der Waals surface area contributed by atoms with Crippen LogP contribution in [0, 0.1) is 0 Å². The van der Waals surface area contributed by atoms with Gasteiger partial charge in [0.25, 0.3) is 0 Å². The number of rotatable bonds is 4. The molecule has 2 aliphatic rings. The monoisotopic (exact) mass is 244 g/mol. The summed E-state index contributed by atoms with van der Waals surface area (Å²) in [5, 5.41) is 3.70. The van der Waals surface area contributed by atoms with Crippen LogP contribution in [0.1, 0.15) is 42.7 Å². The number of nitrogens with one attached hydrogen (secondary N) is 1. The second-order valence-corrected chi connectivity index (χ2v) is 5.97. The van der Waals surface area contributed by atoms with Gasteiger partial charge in [0, 0.05) is 12.6 Å². The fraction of sp³-hybridized carbons (Fsp3) is 0.625. The average molecular weight is 244 g/mol. The lowest BCUT2D eigenvalue weighted by Crippen LogP contribution is -2.40. The lowest BCUT2D eigenvalue weighted by molar-refractivity contribution is 0.234. The number of hydrogen-bond acceptors (Lipinski definition) is 2. The van der Waals surface area contributed by atoms with Crippen molar-refractivity contribution in [2.75, 3.05) is 20.1 Å². The number of nitrogens with zero attached hydrogens (tertiary/aromatic N) is 1. The Kier molecular flexibility index (Phi) is 3.67. The number of benzene rings is 1. The highest BCUT2D eigenvalue weighted by Crippen LogP contribution is 2.39. The maximum Gasteiger partial charge on any atom is 0.0208 e. The topological polar surface area (TPSA) is 15.3 Å². The van der Waals surface area contributed by atoms with Crippen molar-refractivity contribution in [2.45, 2.75) is 44.2 Å². The van der Waals surface area contributed by atoms with Gasteiger partial charge in [0.15, 0.2) is 0 Å². The van der Waals surface area contributed by atoms with Gasteiger partial charge in [-0.05, 0) is 62.9 Å². The number of hydrogen-bond donors (Lipinski definition) is 1. The first-order valence-corrected chi connectivity index (χ1v) is 7.32. The third-order valence-electron chi connectivity index (χ3n) is 4.34. The molecule has 1 heterocycles. The molecule has 2 heteroatoms. The first-order chi connectivity index (χ1) is 8.81. The second-order valence-electron chi connectivity index (χ2n) is 5.97. The molecule has 1 aliphatic carbocycles. The van der Waals surface area contributed by atoms with E-state index in [1.165, 1.54) is 49.9 Å². The predicted molar refractivity (Wildman–Crippen MR) is 75.8 cm³/mol. The molecule has 2 nitrogen and oxygen atoms in total. The van der Waals surface area contributed by atoms with Crippen LogP contribution in [0.2, 0.25) is 0 Å². The molecule has 0 radical (unpaired) electrons. The molecule has 0 unspecified atom stereocenters. The molecule has 1 aromatic rings. The molecule has 1 aliphatic heterocycles. The normalized spacial score (nSPS) is 22.3. The fourth-order valence-electron chi connectivity index (χ4n) is 2.80. The zero-order chi connectivity index (χ0) is 12.4.